The molecule has 0 radical (unpaired) electrons. The molecule has 1 saturated heterocycles. The van der Waals surface area contributed by atoms with Crippen LogP contribution in [-0.4, -0.2) is 40.0 Å². The number of nitrogens with zero attached hydrogens (tertiary/aromatic N) is 3. The highest BCUT2D eigenvalue weighted by Crippen LogP contribution is 2.27. The standard InChI is InChI=1S/C19H24N4O2/c1-14(2)25-17-9-5-4-8-15(17)22-18-13-20-16(12-21-18)19(24)23-10-6-3-7-11-23/h4-5,8-9,12-14H,3,6-7,10-11H2,1-2H3,(H,21,22). The largest absolute Gasteiger partial charge is 0.489 e. The third-order valence-electron chi connectivity index (χ3n) is 4.03. The number of likely N-dealkylation sites (tertiary alicyclic amines) is 1. The van der Waals surface area contributed by atoms with Crippen molar-refractivity contribution in [1.29, 1.82) is 0 Å². The van der Waals surface area contributed by atoms with Crippen molar-refractivity contribution in [2.24, 2.45) is 0 Å². The summed E-state index contributed by atoms with van der Waals surface area (Å²) in [7, 11) is 0. The number of anilines is 2. The van der Waals surface area contributed by atoms with E-state index in [-0.39, 0.29) is 12.0 Å². The van der Waals surface area contributed by atoms with Gasteiger partial charge in [-0.15, -0.1) is 0 Å². The Balaban J connectivity index is 1.70. The summed E-state index contributed by atoms with van der Waals surface area (Å²) in [5, 5.41) is 3.20. The first-order valence-electron chi connectivity index (χ1n) is 8.77. The third-order valence-corrected chi connectivity index (χ3v) is 4.03. The van der Waals surface area contributed by atoms with Crippen molar-refractivity contribution >= 4 is 17.4 Å². The molecule has 1 aliphatic rings. The Kier molecular flexibility index (Phi) is 5.48. The lowest BCUT2D eigenvalue weighted by atomic mass is 10.1. The van der Waals surface area contributed by atoms with Crippen LogP contribution < -0.4 is 10.1 Å². The van der Waals surface area contributed by atoms with Crippen molar-refractivity contribution in [2.45, 2.75) is 39.2 Å². The van der Waals surface area contributed by atoms with Crippen molar-refractivity contribution < 1.29 is 9.53 Å². The summed E-state index contributed by atoms with van der Waals surface area (Å²) in [6, 6.07) is 7.68. The van der Waals surface area contributed by atoms with Gasteiger partial charge in [0.05, 0.1) is 24.2 Å². The van der Waals surface area contributed by atoms with Crippen LogP contribution in [0.5, 0.6) is 5.75 Å². The van der Waals surface area contributed by atoms with E-state index in [0.29, 0.717) is 11.5 Å². The molecule has 3 rings (SSSR count). The highest BCUT2D eigenvalue weighted by Gasteiger charge is 2.19. The van der Waals surface area contributed by atoms with Crippen molar-refractivity contribution in [2.75, 3.05) is 18.4 Å². The molecule has 1 N–H and O–H groups in total. The Morgan fingerprint density at radius 2 is 1.88 bits per heavy atom. The van der Waals surface area contributed by atoms with E-state index in [4.69, 9.17) is 4.74 Å². The van der Waals surface area contributed by atoms with Crippen LogP contribution in [0.4, 0.5) is 11.5 Å². The lowest BCUT2D eigenvalue weighted by molar-refractivity contribution is 0.0718. The lowest BCUT2D eigenvalue weighted by Crippen LogP contribution is -2.36. The molecule has 2 aromatic rings. The van der Waals surface area contributed by atoms with Crippen LogP contribution >= 0.6 is 0 Å². The van der Waals surface area contributed by atoms with Crippen LogP contribution in [-0.2, 0) is 0 Å². The fraction of sp³-hybridized carbons (Fsp3) is 0.421. The smallest absolute Gasteiger partial charge is 0.274 e. The van der Waals surface area contributed by atoms with E-state index in [0.717, 1.165) is 37.4 Å². The second-order valence-corrected chi connectivity index (χ2v) is 6.43. The number of aromatic nitrogens is 2. The van der Waals surface area contributed by atoms with Crippen molar-refractivity contribution in [1.82, 2.24) is 14.9 Å². The van der Waals surface area contributed by atoms with Gasteiger partial charge in [0.2, 0.25) is 0 Å². The second kappa shape index (κ2) is 7.96. The van der Waals surface area contributed by atoms with Gasteiger partial charge in [0.25, 0.3) is 5.91 Å². The molecule has 6 heteroatoms. The van der Waals surface area contributed by atoms with Crippen LogP contribution in [0.15, 0.2) is 36.7 Å². The Morgan fingerprint density at radius 3 is 2.56 bits per heavy atom. The van der Waals surface area contributed by atoms with E-state index < -0.39 is 0 Å². The Morgan fingerprint density at radius 1 is 1.12 bits per heavy atom. The van der Waals surface area contributed by atoms with E-state index in [1.54, 1.807) is 6.20 Å². The zero-order valence-corrected chi connectivity index (χ0v) is 14.7. The number of amides is 1. The molecule has 1 aliphatic heterocycles. The minimum absolute atomic E-state index is 0.0395. The number of carbonyl (C=O) groups excluding carboxylic acids is 1. The molecular weight excluding hydrogens is 316 g/mol. The number of nitrogens with one attached hydrogen (secondary N) is 1. The van der Waals surface area contributed by atoms with Gasteiger partial charge in [-0.1, -0.05) is 12.1 Å². The van der Waals surface area contributed by atoms with E-state index >= 15 is 0 Å². The van der Waals surface area contributed by atoms with Crippen LogP contribution in [0.3, 0.4) is 0 Å². The fourth-order valence-corrected chi connectivity index (χ4v) is 2.83. The number of ether oxygens (including phenoxy) is 1. The normalized spacial score (nSPS) is 14.4. The molecule has 2 heterocycles. The first kappa shape index (κ1) is 17.2. The van der Waals surface area contributed by atoms with Gasteiger partial charge < -0.3 is 15.0 Å². The quantitative estimate of drug-likeness (QED) is 0.900. The molecule has 0 bridgehead atoms. The van der Waals surface area contributed by atoms with Crippen LogP contribution in [0, 0.1) is 0 Å². The van der Waals surface area contributed by atoms with Crippen molar-refractivity contribution in [3.05, 3.63) is 42.4 Å². The Labute approximate surface area is 148 Å². The summed E-state index contributed by atoms with van der Waals surface area (Å²) in [5.74, 6) is 1.30. The molecule has 25 heavy (non-hydrogen) atoms. The number of rotatable bonds is 5. The molecule has 1 amide bonds. The molecule has 1 aromatic heterocycles. The molecule has 1 fully saturated rings. The van der Waals surface area contributed by atoms with Gasteiger partial charge in [-0.05, 0) is 45.2 Å². The number of piperidine rings is 1. The maximum absolute atomic E-state index is 12.4. The summed E-state index contributed by atoms with van der Waals surface area (Å²) in [6.45, 7) is 5.58. The molecule has 0 atom stereocenters. The summed E-state index contributed by atoms with van der Waals surface area (Å²) in [4.78, 5) is 22.9. The second-order valence-electron chi connectivity index (χ2n) is 6.43. The summed E-state index contributed by atoms with van der Waals surface area (Å²) >= 11 is 0. The first-order chi connectivity index (χ1) is 12.1. The molecule has 0 saturated carbocycles. The molecular formula is C19H24N4O2. The van der Waals surface area contributed by atoms with Gasteiger partial charge >= 0.3 is 0 Å². The van der Waals surface area contributed by atoms with Crippen LogP contribution in [0.1, 0.15) is 43.6 Å². The molecule has 6 nitrogen and oxygen atoms in total. The third kappa shape index (κ3) is 4.47. The highest BCUT2D eigenvalue weighted by molar-refractivity contribution is 5.92. The van der Waals surface area contributed by atoms with E-state index in [1.807, 2.05) is 43.0 Å². The van der Waals surface area contributed by atoms with E-state index in [1.165, 1.54) is 12.6 Å². The highest BCUT2D eigenvalue weighted by atomic mass is 16.5. The van der Waals surface area contributed by atoms with Gasteiger partial charge in [-0.3, -0.25) is 4.79 Å². The maximum atomic E-state index is 12.4. The predicted octanol–water partition coefficient (Wildman–Crippen LogP) is 3.63. The number of hydrogen-bond acceptors (Lipinski definition) is 5. The first-order valence-corrected chi connectivity index (χ1v) is 8.77. The summed E-state index contributed by atoms with van der Waals surface area (Å²) < 4.78 is 5.79. The predicted molar refractivity (Wildman–Crippen MR) is 97.3 cm³/mol. The van der Waals surface area contributed by atoms with Gasteiger partial charge in [0.15, 0.2) is 0 Å². The maximum Gasteiger partial charge on any atom is 0.274 e. The number of para-hydroxylation sites is 2. The topological polar surface area (TPSA) is 67.3 Å². The van der Waals surface area contributed by atoms with Crippen molar-refractivity contribution in [3.8, 4) is 5.75 Å². The lowest BCUT2D eigenvalue weighted by Gasteiger charge is -2.26. The molecule has 0 aliphatic carbocycles. The fourth-order valence-electron chi connectivity index (χ4n) is 2.83. The van der Waals surface area contributed by atoms with E-state index in [9.17, 15) is 4.79 Å². The number of hydrogen-bond donors (Lipinski definition) is 1. The zero-order valence-electron chi connectivity index (χ0n) is 14.7. The van der Waals surface area contributed by atoms with E-state index in [2.05, 4.69) is 15.3 Å². The minimum atomic E-state index is -0.0395. The molecule has 0 spiro atoms. The molecule has 0 unspecified atom stereocenters. The summed E-state index contributed by atoms with van der Waals surface area (Å²) in [5.41, 5.74) is 1.21. The Bertz CT molecular complexity index is 710. The summed E-state index contributed by atoms with van der Waals surface area (Å²) in [6.07, 6.45) is 6.51. The average Bonchev–Trinajstić information content (AvgIpc) is 2.64. The van der Waals surface area contributed by atoms with Crippen LogP contribution in [0.2, 0.25) is 0 Å². The molecule has 1 aromatic carbocycles. The zero-order chi connectivity index (χ0) is 17.6. The van der Waals surface area contributed by atoms with Gasteiger partial charge in [0.1, 0.15) is 17.3 Å². The van der Waals surface area contributed by atoms with Crippen LogP contribution in [0.25, 0.3) is 0 Å². The van der Waals surface area contributed by atoms with Gasteiger partial charge in [0, 0.05) is 13.1 Å². The van der Waals surface area contributed by atoms with Gasteiger partial charge in [-0.2, -0.15) is 0 Å². The average molecular weight is 340 g/mol. The number of benzene rings is 1. The SMILES string of the molecule is CC(C)Oc1ccccc1Nc1cnc(C(=O)N2CCCCC2)cn1. The minimum Gasteiger partial charge on any atom is -0.489 e. The number of carbonyl (C=O) groups is 1. The van der Waals surface area contributed by atoms with Gasteiger partial charge in [-0.25, -0.2) is 9.97 Å². The Hall–Kier alpha value is -2.63. The molecule has 132 valence electrons. The monoisotopic (exact) mass is 340 g/mol. The van der Waals surface area contributed by atoms with Crippen molar-refractivity contribution in [3.63, 3.8) is 0 Å².